The lowest BCUT2D eigenvalue weighted by molar-refractivity contribution is -0.210. The number of halogens is 3. The summed E-state index contributed by atoms with van der Waals surface area (Å²) in [6.07, 6.45) is -6.50. The first-order chi connectivity index (χ1) is 17.9. The molecule has 8 nitrogen and oxygen atoms in total. The van der Waals surface area contributed by atoms with Crippen LogP contribution in [-0.4, -0.2) is 43.2 Å². The zero-order valence-corrected chi connectivity index (χ0v) is 24.4. The molecule has 1 aromatic heterocycles. The van der Waals surface area contributed by atoms with Gasteiger partial charge in [0.05, 0.1) is 6.04 Å². The van der Waals surface area contributed by atoms with Crippen molar-refractivity contribution in [2.24, 2.45) is 5.92 Å². The van der Waals surface area contributed by atoms with Crippen LogP contribution in [0.15, 0.2) is 53.5 Å². The maximum absolute atomic E-state index is 14.2. The first-order valence-corrected chi connectivity index (χ1v) is 15.5. The van der Waals surface area contributed by atoms with E-state index in [1.54, 1.807) is 51.2 Å². The fraction of sp³-hybridized carbons (Fsp3) is 0.519. The number of pyridine rings is 1. The van der Waals surface area contributed by atoms with Crippen LogP contribution < -0.4 is 16.2 Å². The van der Waals surface area contributed by atoms with Gasteiger partial charge in [-0.15, -0.1) is 0 Å². The van der Waals surface area contributed by atoms with E-state index in [1.165, 1.54) is 18.3 Å². The molecule has 2 aromatic rings. The largest absolute Gasteiger partial charge is 0.444 e. The highest BCUT2D eigenvalue weighted by atomic mass is 28.4. The summed E-state index contributed by atoms with van der Waals surface area (Å²) in [4.78, 5) is 37.9. The summed E-state index contributed by atoms with van der Waals surface area (Å²) < 4.78 is 54.4. The molecular weight excluding hydrogens is 531 g/mol. The highest BCUT2D eigenvalue weighted by Crippen LogP contribution is 2.41. The van der Waals surface area contributed by atoms with Gasteiger partial charge in [-0.2, -0.15) is 13.2 Å². The molecule has 216 valence electrons. The fourth-order valence-corrected chi connectivity index (χ4v) is 4.71. The number of anilines is 1. The van der Waals surface area contributed by atoms with Gasteiger partial charge in [-0.05, 0) is 41.7 Å². The Labute approximate surface area is 228 Å². The van der Waals surface area contributed by atoms with Gasteiger partial charge in [0, 0.05) is 6.20 Å². The lowest BCUT2D eigenvalue weighted by Crippen LogP contribution is -2.59. The minimum absolute atomic E-state index is 0.00991. The predicted molar refractivity (Wildman–Crippen MR) is 146 cm³/mol. The Kier molecular flexibility index (Phi) is 10.5. The summed E-state index contributed by atoms with van der Waals surface area (Å²) in [7, 11) is -2.85. The van der Waals surface area contributed by atoms with E-state index in [4.69, 9.17) is 9.16 Å². The summed E-state index contributed by atoms with van der Waals surface area (Å²) in [5.74, 6) is -1.41. The molecule has 0 bridgehead atoms. The van der Waals surface area contributed by atoms with Crippen LogP contribution >= 0.6 is 0 Å². The van der Waals surface area contributed by atoms with Gasteiger partial charge in [0.15, 0.2) is 14.4 Å². The number of nitrogens with zero attached hydrogens (tertiary/aromatic N) is 1. The topological polar surface area (TPSA) is 98.7 Å². The average molecular weight is 570 g/mol. The van der Waals surface area contributed by atoms with Crippen LogP contribution in [0.1, 0.15) is 40.2 Å². The molecule has 1 aromatic carbocycles. The van der Waals surface area contributed by atoms with E-state index in [9.17, 15) is 27.6 Å². The van der Waals surface area contributed by atoms with Gasteiger partial charge in [0.1, 0.15) is 18.8 Å². The number of alkyl halides is 3. The Morgan fingerprint density at radius 1 is 1.03 bits per heavy atom. The van der Waals surface area contributed by atoms with Gasteiger partial charge in [0.2, 0.25) is 5.91 Å². The smallest absolute Gasteiger partial charge is 0.415 e. The van der Waals surface area contributed by atoms with E-state index in [-0.39, 0.29) is 12.3 Å². The Hall–Kier alpha value is -3.12. The summed E-state index contributed by atoms with van der Waals surface area (Å²) in [5, 5.41) is 4.30. The third-order valence-corrected chi connectivity index (χ3v) is 11.2. The van der Waals surface area contributed by atoms with Gasteiger partial charge >= 0.3 is 12.3 Å². The number of rotatable bonds is 10. The SMILES string of the molecule is CC(C)C(NC(=O)Cn1cccc(NC(=O)OCc2ccccc2)c1=O)C(O[Si](C)(C)C(C)(C)C)C(F)(F)F. The van der Waals surface area contributed by atoms with Crippen LogP contribution in [0.25, 0.3) is 0 Å². The average Bonchev–Trinajstić information content (AvgIpc) is 2.81. The quantitative estimate of drug-likeness (QED) is 0.358. The van der Waals surface area contributed by atoms with Crippen molar-refractivity contribution in [2.45, 2.75) is 84.2 Å². The molecule has 0 fully saturated rings. The highest BCUT2D eigenvalue weighted by Gasteiger charge is 2.52. The van der Waals surface area contributed by atoms with E-state index in [0.717, 1.165) is 10.1 Å². The molecule has 0 spiro atoms. The van der Waals surface area contributed by atoms with Crippen molar-refractivity contribution in [1.82, 2.24) is 9.88 Å². The van der Waals surface area contributed by atoms with Gasteiger partial charge in [-0.3, -0.25) is 14.9 Å². The van der Waals surface area contributed by atoms with E-state index in [0.29, 0.717) is 0 Å². The lowest BCUT2D eigenvalue weighted by atomic mass is 9.98. The van der Waals surface area contributed by atoms with Crippen LogP contribution in [0.2, 0.25) is 18.1 Å². The van der Waals surface area contributed by atoms with Crippen LogP contribution in [0.3, 0.4) is 0 Å². The van der Waals surface area contributed by atoms with Crippen molar-refractivity contribution >= 4 is 26.0 Å². The first-order valence-electron chi connectivity index (χ1n) is 12.6. The highest BCUT2D eigenvalue weighted by molar-refractivity contribution is 6.74. The number of benzene rings is 1. The summed E-state index contributed by atoms with van der Waals surface area (Å²) in [6, 6.07) is 10.3. The van der Waals surface area contributed by atoms with E-state index in [2.05, 4.69) is 10.6 Å². The third kappa shape index (κ3) is 9.24. The van der Waals surface area contributed by atoms with Crippen molar-refractivity contribution in [1.29, 1.82) is 0 Å². The molecule has 2 rings (SSSR count). The van der Waals surface area contributed by atoms with Gasteiger partial charge in [-0.1, -0.05) is 65.0 Å². The molecule has 0 saturated carbocycles. The normalized spacial score (nSPS) is 14.0. The fourth-order valence-electron chi connectivity index (χ4n) is 3.44. The summed E-state index contributed by atoms with van der Waals surface area (Å²) >= 11 is 0. The van der Waals surface area contributed by atoms with Crippen molar-refractivity contribution in [3.8, 4) is 0 Å². The second-order valence-corrected chi connectivity index (χ2v) is 16.0. The lowest BCUT2D eigenvalue weighted by Gasteiger charge is -2.42. The number of hydrogen-bond acceptors (Lipinski definition) is 5. The third-order valence-electron chi connectivity index (χ3n) is 6.71. The number of hydrogen-bond donors (Lipinski definition) is 2. The molecule has 0 saturated heterocycles. The van der Waals surface area contributed by atoms with E-state index < -0.39 is 61.7 Å². The maximum Gasteiger partial charge on any atom is 0.415 e. The molecule has 0 aliphatic carbocycles. The molecule has 12 heteroatoms. The Bertz CT molecular complexity index is 1180. The molecule has 2 amide bonds. The van der Waals surface area contributed by atoms with Crippen LogP contribution in [-0.2, 0) is 27.1 Å². The number of amides is 2. The van der Waals surface area contributed by atoms with Crippen molar-refractivity contribution in [3.05, 3.63) is 64.6 Å². The van der Waals surface area contributed by atoms with Crippen molar-refractivity contribution in [2.75, 3.05) is 5.32 Å². The van der Waals surface area contributed by atoms with Gasteiger partial charge in [-0.25, -0.2) is 4.79 Å². The molecular formula is C27H38F3N3O5Si. The van der Waals surface area contributed by atoms with E-state index >= 15 is 0 Å². The van der Waals surface area contributed by atoms with Crippen LogP contribution in [0.5, 0.6) is 0 Å². The Morgan fingerprint density at radius 3 is 2.18 bits per heavy atom. The van der Waals surface area contributed by atoms with Crippen LogP contribution in [0, 0.1) is 5.92 Å². The Balaban J connectivity index is 2.15. The van der Waals surface area contributed by atoms with Crippen LogP contribution in [0.4, 0.5) is 23.7 Å². The molecule has 2 atom stereocenters. The number of ether oxygens (including phenoxy) is 1. The van der Waals surface area contributed by atoms with Crippen molar-refractivity contribution < 1.29 is 31.9 Å². The van der Waals surface area contributed by atoms with Crippen molar-refractivity contribution in [3.63, 3.8) is 0 Å². The standard InChI is InChI=1S/C27H38F3N3O5Si/c1-18(2)22(23(27(28,29)30)38-39(6,7)26(3,4)5)32-21(34)16-33-15-11-14-20(24(33)35)31-25(36)37-17-19-12-9-8-10-13-19/h8-15,18,22-23H,16-17H2,1-7H3,(H,31,36)(H,32,34). The molecule has 2 unspecified atom stereocenters. The maximum atomic E-state index is 14.2. The molecule has 1 heterocycles. The molecule has 0 aliphatic heterocycles. The summed E-state index contributed by atoms with van der Waals surface area (Å²) in [5.41, 5.74) is -0.0994. The Morgan fingerprint density at radius 2 is 1.64 bits per heavy atom. The zero-order valence-electron chi connectivity index (χ0n) is 23.4. The number of carbonyl (C=O) groups excluding carboxylic acids is 2. The first kappa shape index (κ1) is 32.1. The molecule has 39 heavy (non-hydrogen) atoms. The number of aromatic nitrogens is 1. The second kappa shape index (κ2) is 12.8. The molecule has 0 aliphatic rings. The molecule has 2 N–H and O–H groups in total. The minimum Gasteiger partial charge on any atom is -0.444 e. The molecule has 0 radical (unpaired) electrons. The van der Waals surface area contributed by atoms with Gasteiger partial charge in [0.25, 0.3) is 5.56 Å². The predicted octanol–water partition coefficient (Wildman–Crippen LogP) is 5.69. The minimum atomic E-state index is -4.72. The summed E-state index contributed by atoms with van der Waals surface area (Å²) in [6.45, 7) is 11.5. The monoisotopic (exact) mass is 569 g/mol. The van der Waals surface area contributed by atoms with Gasteiger partial charge < -0.3 is 19.0 Å². The number of carbonyl (C=O) groups is 2. The zero-order chi connectivity index (χ0) is 29.6. The van der Waals surface area contributed by atoms with E-state index in [1.807, 2.05) is 26.8 Å². The number of nitrogens with one attached hydrogen (secondary N) is 2. The second-order valence-electron chi connectivity index (χ2n) is 11.2.